The number of anilines is 2. The summed E-state index contributed by atoms with van der Waals surface area (Å²) in [5.41, 5.74) is 1.81. The van der Waals surface area contributed by atoms with Crippen LogP contribution < -0.4 is 15.4 Å². The maximum absolute atomic E-state index is 12.5. The minimum atomic E-state index is -0.208. The number of benzene rings is 1. The van der Waals surface area contributed by atoms with E-state index in [0.29, 0.717) is 36.2 Å². The molecule has 0 atom stereocenters. The Labute approximate surface area is 165 Å². The number of ether oxygens (including phenoxy) is 2. The van der Waals surface area contributed by atoms with Crippen molar-refractivity contribution in [2.75, 3.05) is 51.3 Å². The Morgan fingerprint density at radius 1 is 1.25 bits per heavy atom. The average Bonchev–Trinajstić information content (AvgIpc) is 2.70. The lowest BCUT2D eigenvalue weighted by atomic mass is 10.3. The van der Waals surface area contributed by atoms with Crippen LogP contribution in [-0.4, -0.2) is 66.8 Å². The van der Waals surface area contributed by atoms with Crippen molar-refractivity contribution in [2.24, 2.45) is 0 Å². The summed E-state index contributed by atoms with van der Waals surface area (Å²) in [5, 5.41) is 6.08. The Morgan fingerprint density at radius 3 is 2.82 bits per heavy atom. The number of rotatable bonds is 8. The molecule has 1 aromatic heterocycles. The Hall–Kier alpha value is -2.71. The van der Waals surface area contributed by atoms with Gasteiger partial charge in [-0.25, -0.2) is 9.97 Å². The molecule has 0 unspecified atom stereocenters. The first-order chi connectivity index (χ1) is 13.7. The number of carbonyl (C=O) groups is 1. The Bertz CT molecular complexity index is 793. The highest BCUT2D eigenvalue weighted by atomic mass is 16.5. The Morgan fingerprint density at radius 2 is 2.04 bits per heavy atom. The molecule has 0 bridgehead atoms. The number of aromatic nitrogens is 2. The predicted molar refractivity (Wildman–Crippen MR) is 107 cm³/mol. The number of amides is 1. The molecule has 8 heteroatoms. The van der Waals surface area contributed by atoms with Crippen LogP contribution in [0.15, 0.2) is 30.3 Å². The molecular formula is C20H27N5O3. The lowest BCUT2D eigenvalue weighted by Crippen LogP contribution is -2.41. The normalized spacial score (nSPS) is 14.5. The van der Waals surface area contributed by atoms with Gasteiger partial charge in [0, 0.05) is 31.9 Å². The lowest BCUT2D eigenvalue weighted by molar-refractivity contribution is 0.0383. The number of nitrogens with zero attached hydrogens (tertiary/aromatic N) is 3. The van der Waals surface area contributed by atoms with Crippen LogP contribution in [0, 0.1) is 6.92 Å². The van der Waals surface area contributed by atoms with E-state index in [1.54, 1.807) is 6.07 Å². The maximum atomic E-state index is 12.5. The molecule has 1 saturated heterocycles. The van der Waals surface area contributed by atoms with Gasteiger partial charge < -0.3 is 20.1 Å². The van der Waals surface area contributed by atoms with Gasteiger partial charge in [0.05, 0.1) is 25.5 Å². The van der Waals surface area contributed by atoms with Crippen molar-refractivity contribution in [3.8, 4) is 5.75 Å². The summed E-state index contributed by atoms with van der Waals surface area (Å²) in [5.74, 6) is 0.872. The van der Waals surface area contributed by atoms with Gasteiger partial charge in [-0.3, -0.25) is 9.69 Å². The van der Waals surface area contributed by atoms with Gasteiger partial charge in [-0.05, 0) is 32.0 Å². The zero-order chi connectivity index (χ0) is 19.8. The van der Waals surface area contributed by atoms with Crippen LogP contribution in [0.5, 0.6) is 5.75 Å². The molecule has 2 heterocycles. The van der Waals surface area contributed by atoms with E-state index in [4.69, 9.17) is 9.47 Å². The Kier molecular flexibility index (Phi) is 7.16. The second-order valence-corrected chi connectivity index (χ2v) is 6.48. The molecule has 8 nitrogen and oxygen atoms in total. The largest absolute Gasteiger partial charge is 0.492 e. The monoisotopic (exact) mass is 385 g/mol. The van der Waals surface area contributed by atoms with Gasteiger partial charge in [0.2, 0.25) is 5.95 Å². The van der Waals surface area contributed by atoms with E-state index in [1.165, 1.54) is 0 Å². The third-order valence-corrected chi connectivity index (χ3v) is 4.34. The van der Waals surface area contributed by atoms with Gasteiger partial charge in [0.25, 0.3) is 5.91 Å². The second-order valence-electron chi connectivity index (χ2n) is 6.48. The summed E-state index contributed by atoms with van der Waals surface area (Å²) in [6, 6.07) is 9.25. The molecule has 0 spiro atoms. The molecule has 150 valence electrons. The molecule has 0 saturated carbocycles. The minimum absolute atomic E-state index is 0.208. The highest BCUT2D eigenvalue weighted by Gasteiger charge is 2.14. The van der Waals surface area contributed by atoms with Crippen LogP contribution in [0.2, 0.25) is 0 Å². The minimum Gasteiger partial charge on any atom is -0.492 e. The molecular weight excluding hydrogens is 358 g/mol. The first kappa shape index (κ1) is 20.0. The van der Waals surface area contributed by atoms with Crippen molar-refractivity contribution >= 4 is 17.5 Å². The van der Waals surface area contributed by atoms with Gasteiger partial charge in [-0.1, -0.05) is 12.1 Å². The molecule has 1 amide bonds. The first-order valence-electron chi connectivity index (χ1n) is 9.58. The first-order valence-corrected chi connectivity index (χ1v) is 9.58. The van der Waals surface area contributed by atoms with Crippen molar-refractivity contribution in [2.45, 2.75) is 13.8 Å². The second kappa shape index (κ2) is 10.0. The molecule has 0 aliphatic carbocycles. The van der Waals surface area contributed by atoms with Crippen LogP contribution in [-0.2, 0) is 4.74 Å². The molecule has 3 rings (SSSR count). The molecule has 2 aromatic rings. The van der Waals surface area contributed by atoms with E-state index in [2.05, 4.69) is 25.5 Å². The molecule has 1 aliphatic heterocycles. The van der Waals surface area contributed by atoms with Crippen molar-refractivity contribution in [3.05, 3.63) is 41.7 Å². The number of para-hydroxylation sites is 2. The molecule has 2 N–H and O–H groups in total. The van der Waals surface area contributed by atoms with E-state index in [1.807, 2.05) is 38.1 Å². The third kappa shape index (κ3) is 5.64. The van der Waals surface area contributed by atoms with Crippen molar-refractivity contribution in [1.82, 2.24) is 20.2 Å². The maximum Gasteiger partial charge on any atom is 0.270 e. The fraction of sp³-hybridized carbons (Fsp3) is 0.450. The summed E-state index contributed by atoms with van der Waals surface area (Å²) < 4.78 is 11.0. The number of nitrogens with one attached hydrogen (secondary N) is 2. The van der Waals surface area contributed by atoms with Crippen LogP contribution in [0.3, 0.4) is 0 Å². The fourth-order valence-corrected chi connectivity index (χ4v) is 2.96. The van der Waals surface area contributed by atoms with Gasteiger partial charge in [0.15, 0.2) is 0 Å². The summed E-state index contributed by atoms with van der Waals surface area (Å²) in [6.07, 6.45) is 0. The molecule has 28 heavy (non-hydrogen) atoms. The van der Waals surface area contributed by atoms with Gasteiger partial charge in [-0.15, -0.1) is 0 Å². The van der Waals surface area contributed by atoms with Gasteiger partial charge in [-0.2, -0.15) is 0 Å². The predicted octanol–water partition coefficient (Wildman–Crippen LogP) is 1.99. The van der Waals surface area contributed by atoms with Crippen molar-refractivity contribution in [3.63, 3.8) is 0 Å². The zero-order valence-corrected chi connectivity index (χ0v) is 16.4. The summed E-state index contributed by atoms with van der Waals surface area (Å²) >= 11 is 0. The van der Waals surface area contributed by atoms with Crippen LogP contribution in [0.25, 0.3) is 0 Å². The number of hydrogen-bond acceptors (Lipinski definition) is 7. The number of hydrogen-bond donors (Lipinski definition) is 2. The zero-order valence-electron chi connectivity index (χ0n) is 16.4. The van der Waals surface area contributed by atoms with Crippen LogP contribution >= 0.6 is 0 Å². The van der Waals surface area contributed by atoms with E-state index in [-0.39, 0.29) is 5.91 Å². The van der Waals surface area contributed by atoms with Gasteiger partial charge >= 0.3 is 0 Å². The SMILES string of the molecule is CCOc1ccccc1Nc1nc(C)cc(C(=O)NCCN2CCOCC2)n1. The van der Waals surface area contributed by atoms with E-state index < -0.39 is 0 Å². The molecule has 1 fully saturated rings. The third-order valence-electron chi connectivity index (χ3n) is 4.34. The Balaban J connectivity index is 1.63. The topological polar surface area (TPSA) is 88.6 Å². The highest BCUT2D eigenvalue weighted by molar-refractivity contribution is 5.92. The van der Waals surface area contributed by atoms with Crippen LogP contribution in [0.4, 0.5) is 11.6 Å². The van der Waals surface area contributed by atoms with Gasteiger partial charge in [0.1, 0.15) is 11.4 Å². The van der Waals surface area contributed by atoms with Crippen LogP contribution in [0.1, 0.15) is 23.1 Å². The van der Waals surface area contributed by atoms with Crippen molar-refractivity contribution in [1.29, 1.82) is 0 Å². The molecule has 0 radical (unpaired) electrons. The quantitative estimate of drug-likeness (QED) is 0.718. The highest BCUT2D eigenvalue weighted by Crippen LogP contribution is 2.26. The smallest absolute Gasteiger partial charge is 0.270 e. The van der Waals surface area contributed by atoms with E-state index in [9.17, 15) is 4.79 Å². The standard InChI is InChI=1S/C20H27N5O3/c1-3-28-18-7-5-4-6-16(18)23-20-22-15(2)14-17(24-20)19(26)21-8-9-25-10-12-27-13-11-25/h4-7,14H,3,8-13H2,1-2H3,(H,21,26)(H,22,23,24). The summed E-state index contributed by atoms with van der Waals surface area (Å²) in [6.45, 7) is 8.99. The average molecular weight is 385 g/mol. The summed E-state index contributed by atoms with van der Waals surface area (Å²) in [7, 11) is 0. The fourth-order valence-electron chi connectivity index (χ4n) is 2.96. The van der Waals surface area contributed by atoms with E-state index in [0.717, 1.165) is 38.5 Å². The van der Waals surface area contributed by atoms with E-state index >= 15 is 0 Å². The number of morpholine rings is 1. The van der Waals surface area contributed by atoms with Crippen molar-refractivity contribution < 1.29 is 14.3 Å². The molecule has 1 aromatic carbocycles. The summed E-state index contributed by atoms with van der Waals surface area (Å²) in [4.78, 5) is 23.5. The molecule has 1 aliphatic rings. The number of aryl methyl sites for hydroxylation is 1. The lowest BCUT2D eigenvalue weighted by Gasteiger charge is -2.26. The number of carbonyl (C=O) groups excluding carboxylic acids is 1.